The summed E-state index contributed by atoms with van der Waals surface area (Å²) >= 11 is 0. The molecule has 3 N–H and O–H groups in total. The Bertz CT molecular complexity index is 1820. The van der Waals surface area contributed by atoms with Crippen molar-refractivity contribution in [1.29, 1.82) is 0 Å². The molecule has 49 heavy (non-hydrogen) atoms. The van der Waals surface area contributed by atoms with E-state index in [1.165, 1.54) is 0 Å². The van der Waals surface area contributed by atoms with Crippen molar-refractivity contribution >= 4 is 12.2 Å². The molecule has 0 saturated carbocycles. The van der Waals surface area contributed by atoms with Gasteiger partial charge in [-0.3, -0.25) is 0 Å². The van der Waals surface area contributed by atoms with Crippen LogP contribution >= 0.6 is 0 Å². The molecule has 0 aliphatic heterocycles. The SMILES string of the molecule is CC(C)(C)OC(=O)[N+]#CC(c1ncc(-c2cnc(-c3ccc(-c4cnc([C@@H](NC(=O)OC(C)(C)C)C(C)(C)C)[nH]4)cc3)nc2)[nH]1)C(C)(C)C. The molecule has 0 fully saturated rings. The molecule has 260 valence electrons. The normalized spacial score (nSPS) is 13.6. The summed E-state index contributed by atoms with van der Waals surface area (Å²) < 4.78 is 10.8. The Kier molecular flexibility index (Phi) is 10.4. The Hall–Kier alpha value is -5.05. The molecule has 1 aromatic carbocycles. The van der Waals surface area contributed by atoms with Gasteiger partial charge in [-0.2, -0.15) is 4.79 Å². The monoisotopic (exact) mass is 669 g/mol. The molecule has 0 radical (unpaired) electrons. The summed E-state index contributed by atoms with van der Waals surface area (Å²) in [7, 11) is 0. The van der Waals surface area contributed by atoms with E-state index in [-0.39, 0.29) is 16.7 Å². The minimum absolute atomic E-state index is 0.320. The van der Waals surface area contributed by atoms with Gasteiger partial charge < -0.3 is 24.8 Å². The smallest absolute Gasteiger partial charge is 0.444 e. The number of carbonyl (C=O) groups is 2. The van der Waals surface area contributed by atoms with Gasteiger partial charge in [0, 0.05) is 23.5 Å². The Balaban J connectivity index is 1.48. The van der Waals surface area contributed by atoms with Crippen molar-refractivity contribution in [3.8, 4) is 40.0 Å². The molecule has 2 amide bonds. The Morgan fingerprint density at radius 1 is 0.673 bits per heavy atom. The molecule has 3 aromatic heterocycles. The predicted molar refractivity (Wildman–Crippen MR) is 190 cm³/mol. The molecule has 0 aliphatic rings. The molecule has 4 rings (SSSR count). The van der Waals surface area contributed by atoms with E-state index in [9.17, 15) is 9.59 Å². The summed E-state index contributed by atoms with van der Waals surface area (Å²) in [5.74, 6) is 1.44. The maximum Gasteiger partial charge on any atom is 0.728 e. The van der Waals surface area contributed by atoms with Gasteiger partial charge in [0.2, 0.25) is 0 Å². The first-order valence-electron chi connectivity index (χ1n) is 16.3. The summed E-state index contributed by atoms with van der Waals surface area (Å²) in [5.41, 5.74) is 2.18. The van der Waals surface area contributed by atoms with Crippen LogP contribution in [0, 0.1) is 16.9 Å². The maximum absolute atomic E-state index is 12.6. The highest BCUT2D eigenvalue weighted by atomic mass is 16.6. The van der Waals surface area contributed by atoms with Crippen molar-refractivity contribution in [2.75, 3.05) is 0 Å². The van der Waals surface area contributed by atoms with Crippen molar-refractivity contribution in [3.63, 3.8) is 0 Å². The zero-order valence-corrected chi connectivity index (χ0v) is 30.6. The van der Waals surface area contributed by atoms with Crippen LogP contribution in [0.25, 0.3) is 38.7 Å². The van der Waals surface area contributed by atoms with Crippen molar-refractivity contribution in [3.05, 3.63) is 65.5 Å². The van der Waals surface area contributed by atoms with Crippen LogP contribution in [0.2, 0.25) is 0 Å². The first-order chi connectivity index (χ1) is 22.6. The molecular weight excluding hydrogens is 620 g/mol. The van der Waals surface area contributed by atoms with Gasteiger partial charge in [-0.25, -0.2) is 24.7 Å². The highest BCUT2D eigenvalue weighted by Crippen LogP contribution is 2.35. The lowest BCUT2D eigenvalue weighted by Crippen LogP contribution is -2.40. The number of alkyl carbamates (subject to hydrolysis) is 1. The van der Waals surface area contributed by atoms with Crippen LogP contribution in [-0.4, -0.2) is 53.3 Å². The first-order valence-corrected chi connectivity index (χ1v) is 16.3. The van der Waals surface area contributed by atoms with Gasteiger partial charge in [-0.1, -0.05) is 65.8 Å². The van der Waals surface area contributed by atoms with Gasteiger partial charge in [-0.15, -0.1) is 0 Å². The van der Waals surface area contributed by atoms with Crippen LogP contribution in [0.5, 0.6) is 0 Å². The molecule has 4 aromatic rings. The number of hydrogen-bond acceptors (Lipinski definition) is 8. The third kappa shape index (κ3) is 10.2. The quantitative estimate of drug-likeness (QED) is 0.184. The number of H-pyrrole nitrogens is 2. The fourth-order valence-electron chi connectivity index (χ4n) is 4.86. The number of aromatic nitrogens is 6. The number of imidazole rings is 2. The number of hydrogen-bond donors (Lipinski definition) is 3. The number of nitrogens with one attached hydrogen (secondary N) is 3. The van der Waals surface area contributed by atoms with Crippen molar-refractivity contribution in [2.24, 2.45) is 10.8 Å². The van der Waals surface area contributed by atoms with Crippen LogP contribution in [0.3, 0.4) is 0 Å². The summed E-state index contributed by atoms with van der Waals surface area (Å²) in [6, 6.07) is 10.4. The summed E-state index contributed by atoms with van der Waals surface area (Å²) in [6.45, 7) is 23.0. The highest BCUT2D eigenvalue weighted by Gasteiger charge is 2.35. The van der Waals surface area contributed by atoms with E-state index in [0.717, 1.165) is 28.1 Å². The molecule has 0 spiro atoms. The molecule has 1 unspecified atom stereocenters. The second kappa shape index (κ2) is 13.8. The average molecular weight is 670 g/mol. The lowest BCUT2D eigenvalue weighted by atomic mass is 9.81. The number of aromatic amines is 2. The van der Waals surface area contributed by atoms with E-state index in [4.69, 9.17) is 9.47 Å². The summed E-state index contributed by atoms with van der Waals surface area (Å²) in [6.07, 6.45) is 5.76. The minimum Gasteiger partial charge on any atom is -0.444 e. The van der Waals surface area contributed by atoms with E-state index >= 15 is 0 Å². The Labute approximate surface area is 288 Å². The van der Waals surface area contributed by atoms with Crippen LogP contribution in [0.4, 0.5) is 9.59 Å². The second-order valence-electron chi connectivity index (χ2n) is 16.2. The highest BCUT2D eigenvalue weighted by molar-refractivity contribution is 5.79. The first kappa shape index (κ1) is 36.8. The molecule has 12 nitrogen and oxygen atoms in total. The van der Waals surface area contributed by atoms with Crippen molar-refractivity contribution in [1.82, 2.24) is 35.2 Å². The lowest BCUT2D eigenvalue weighted by molar-refractivity contribution is 0.0458. The standard InChI is InChI=1S/C37H48N8O4/c1-34(2,3)25(19-42-32(46)48-36(7,8)9)30-40-21-27(43-30)24-17-38-29(39-18-24)23-15-13-22(14-16-23)26-20-41-31(44-26)28(35(4,5)6)45-33(47)49-37(10,11)12/h13-18,20-21,25,28H,1-12H3,(H2-,38,39,40,41,43,44,45,47)/p+1/t25?,28-/m1/s1. The zero-order chi connectivity index (χ0) is 36.4. The van der Waals surface area contributed by atoms with Gasteiger partial charge in [0.15, 0.2) is 11.7 Å². The van der Waals surface area contributed by atoms with Crippen LogP contribution < -0.4 is 5.32 Å². The number of carbonyl (C=O) groups excluding carboxylic acids is 2. The Morgan fingerprint density at radius 2 is 1.18 bits per heavy atom. The molecule has 0 bridgehead atoms. The predicted octanol–water partition coefficient (Wildman–Crippen LogP) is 8.93. The second-order valence-corrected chi connectivity index (χ2v) is 16.2. The van der Waals surface area contributed by atoms with E-state index in [0.29, 0.717) is 17.5 Å². The molecular formula is C37H49N8O4+. The molecule has 12 heteroatoms. The number of rotatable bonds is 6. The number of ether oxygens (including phenoxy) is 2. The van der Waals surface area contributed by atoms with Crippen LogP contribution in [-0.2, 0) is 9.47 Å². The van der Waals surface area contributed by atoms with E-state index in [2.05, 4.69) is 46.1 Å². The molecule has 0 aliphatic carbocycles. The van der Waals surface area contributed by atoms with E-state index in [1.54, 1.807) is 45.6 Å². The average Bonchev–Trinajstić information content (AvgIpc) is 3.64. The fraction of sp³-hybridized carbons (Fsp3) is 0.486. The van der Waals surface area contributed by atoms with Gasteiger partial charge in [0.1, 0.15) is 22.9 Å². The maximum atomic E-state index is 12.6. The zero-order valence-electron chi connectivity index (χ0n) is 30.6. The summed E-state index contributed by atoms with van der Waals surface area (Å²) in [4.78, 5) is 53.8. The minimum atomic E-state index is -0.693. The van der Waals surface area contributed by atoms with Crippen molar-refractivity contribution < 1.29 is 19.1 Å². The van der Waals surface area contributed by atoms with Gasteiger partial charge in [0.25, 0.3) is 0 Å². The van der Waals surface area contributed by atoms with Gasteiger partial charge in [0.05, 0.1) is 34.7 Å². The van der Waals surface area contributed by atoms with E-state index < -0.39 is 29.4 Å². The van der Waals surface area contributed by atoms with Gasteiger partial charge in [-0.05, 0) is 57.9 Å². The molecule has 3 heterocycles. The number of amides is 2. The lowest BCUT2D eigenvalue weighted by Gasteiger charge is -2.31. The van der Waals surface area contributed by atoms with E-state index in [1.807, 2.05) is 86.6 Å². The third-order valence-electron chi connectivity index (χ3n) is 7.23. The largest absolute Gasteiger partial charge is 0.728 e. The third-order valence-corrected chi connectivity index (χ3v) is 7.23. The Morgan fingerprint density at radius 3 is 1.71 bits per heavy atom. The summed E-state index contributed by atoms with van der Waals surface area (Å²) in [5, 5.41) is 2.97. The van der Waals surface area contributed by atoms with Crippen molar-refractivity contribution in [2.45, 2.75) is 106 Å². The number of benzene rings is 1. The van der Waals surface area contributed by atoms with Gasteiger partial charge >= 0.3 is 18.3 Å². The van der Waals surface area contributed by atoms with Crippen LogP contribution in [0.15, 0.2) is 49.1 Å². The molecule has 2 atom stereocenters. The fourth-order valence-corrected chi connectivity index (χ4v) is 4.86. The molecule has 0 saturated heterocycles. The topological polar surface area (TPSA) is 152 Å². The van der Waals surface area contributed by atoms with Crippen LogP contribution in [0.1, 0.15) is 107 Å². The number of nitrogens with zero attached hydrogens (tertiary/aromatic N) is 5.